The molecule has 7 aromatic carbocycles. The number of anilines is 6. The first-order valence-electron chi connectivity index (χ1n) is 16.4. The number of hydrogen-bond donors (Lipinski definition) is 0. The highest BCUT2D eigenvalue weighted by Gasteiger charge is 2.54. The quantitative estimate of drug-likeness (QED) is 0.161. The highest BCUT2D eigenvalue weighted by molar-refractivity contribution is 9.10. The van der Waals surface area contributed by atoms with Crippen LogP contribution in [0.3, 0.4) is 0 Å². The summed E-state index contributed by atoms with van der Waals surface area (Å²) in [6.45, 7) is 0. The molecule has 7 aromatic rings. The number of esters is 1. The van der Waals surface area contributed by atoms with Gasteiger partial charge in [0.05, 0.1) is 5.56 Å². The SMILES string of the molecule is O=C1OC2(c3ccc(N(c4ccccc4)c4ccccc4)cc3Oc3cc(N(c4ccccc4)c4ccccc4)ccc32)c2cccc(Br)c21. The normalized spacial score (nSPS) is 13.4. The Balaban J connectivity index is 1.26. The number of carbonyl (C=O) groups is 1. The second kappa shape index (κ2) is 12.1. The second-order valence-electron chi connectivity index (χ2n) is 12.2. The Bertz CT molecular complexity index is 2160. The number of carbonyl (C=O) groups excluding carboxylic acids is 1. The van der Waals surface area contributed by atoms with Crippen LogP contribution in [0.2, 0.25) is 0 Å². The molecule has 6 heteroatoms. The zero-order valence-electron chi connectivity index (χ0n) is 26.7. The molecule has 0 bridgehead atoms. The van der Waals surface area contributed by atoms with E-state index in [2.05, 4.69) is 86.4 Å². The van der Waals surface area contributed by atoms with Crippen molar-refractivity contribution >= 4 is 56.0 Å². The topological polar surface area (TPSA) is 42.0 Å². The molecule has 0 amide bonds. The van der Waals surface area contributed by atoms with Crippen LogP contribution in [0, 0.1) is 0 Å². The lowest BCUT2D eigenvalue weighted by molar-refractivity contribution is 0.0224. The summed E-state index contributed by atoms with van der Waals surface area (Å²) >= 11 is 3.64. The summed E-state index contributed by atoms with van der Waals surface area (Å²) in [6.07, 6.45) is 0. The average molecular weight is 714 g/mol. The zero-order valence-corrected chi connectivity index (χ0v) is 28.3. The van der Waals surface area contributed by atoms with Gasteiger partial charge >= 0.3 is 5.97 Å². The minimum Gasteiger partial charge on any atom is -0.456 e. The Kier molecular flexibility index (Phi) is 7.25. The largest absolute Gasteiger partial charge is 0.456 e. The molecule has 1 spiro atoms. The van der Waals surface area contributed by atoms with E-state index in [1.54, 1.807) is 0 Å². The van der Waals surface area contributed by atoms with Crippen molar-refractivity contribution in [1.82, 2.24) is 0 Å². The molecule has 0 fully saturated rings. The molecule has 2 aliphatic heterocycles. The van der Waals surface area contributed by atoms with Gasteiger partial charge in [-0.25, -0.2) is 4.79 Å². The Labute approximate surface area is 298 Å². The predicted molar refractivity (Wildman–Crippen MR) is 202 cm³/mol. The lowest BCUT2D eigenvalue weighted by Crippen LogP contribution is -2.33. The molecule has 0 saturated carbocycles. The molecule has 0 radical (unpaired) electrons. The summed E-state index contributed by atoms with van der Waals surface area (Å²) in [6, 6.07) is 59.1. The van der Waals surface area contributed by atoms with Crippen molar-refractivity contribution in [3.05, 3.63) is 203 Å². The van der Waals surface area contributed by atoms with Crippen molar-refractivity contribution in [2.45, 2.75) is 5.60 Å². The molecule has 2 heterocycles. The molecular weight excluding hydrogens is 684 g/mol. The zero-order chi connectivity index (χ0) is 33.7. The number of rotatable bonds is 6. The number of para-hydroxylation sites is 4. The number of benzene rings is 7. The molecule has 9 rings (SSSR count). The van der Waals surface area contributed by atoms with Crippen LogP contribution >= 0.6 is 15.9 Å². The van der Waals surface area contributed by atoms with Gasteiger partial charge in [-0.3, -0.25) is 0 Å². The minimum absolute atomic E-state index is 0.384. The Morgan fingerprint density at radius 2 is 0.860 bits per heavy atom. The van der Waals surface area contributed by atoms with E-state index in [4.69, 9.17) is 9.47 Å². The molecule has 0 N–H and O–H groups in total. The van der Waals surface area contributed by atoms with Crippen LogP contribution in [0.1, 0.15) is 27.0 Å². The third-order valence-corrected chi connectivity index (χ3v) is 9.99. The third-order valence-electron chi connectivity index (χ3n) is 9.33. The molecule has 0 aromatic heterocycles. The summed E-state index contributed by atoms with van der Waals surface area (Å²) < 4.78 is 14.2. The minimum atomic E-state index is -1.22. The summed E-state index contributed by atoms with van der Waals surface area (Å²) in [5.41, 5.74) is 7.44. The van der Waals surface area contributed by atoms with E-state index in [9.17, 15) is 4.79 Å². The van der Waals surface area contributed by atoms with E-state index in [1.165, 1.54) is 0 Å². The van der Waals surface area contributed by atoms with Crippen LogP contribution in [-0.2, 0) is 10.3 Å². The fourth-order valence-electron chi connectivity index (χ4n) is 7.19. The maximum Gasteiger partial charge on any atom is 0.341 e. The van der Waals surface area contributed by atoms with E-state index in [-0.39, 0.29) is 5.97 Å². The van der Waals surface area contributed by atoms with Crippen molar-refractivity contribution in [3.63, 3.8) is 0 Å². The van der Waals surface area contributed by atoms with Gasteiger partial charge < -0.3 is 19.3 Å². The molecule has 0 atom stereocenters. The van der Waals surface area contributed by atoms with Crippen molar-refractivity contribution < 1.29 is 14.3 Å². The number of hydrogen-bond acceptors (Lipinski definition) is 5. The van der Waals surface area contributed by atoms with Crippen LogP contribution in [0.5, 0.6) is 11.5 Å². The maximum atomic E-state index is 13.8. The standard InChI is InChI=1S/C44H29BrN2O3/c45-39-23-13-22-38-42(39)43(48)50-44(38)36-26-24-34(46(30-14-5-1-6-15-30)31-16-7-2-8-17-31)28-40(36)49-41-29-35(25-27-37(41)44)47(32-18-9-3-10-19-32)33-20-11-4-12-21-33/h1-29H. The van der Waals surface area contributed by atoms with Gasteiger partial charge in [0.25, 0.3) is 0 Å². The summed E-state index contributed by atoms with van der Waals surface area (Å²) in [7, 11) is 0. The van der Waals surface area contributed by atoms with Gasteiger partial charge in [-0.05, 0) is 94.8 Å². The second-order valence-corrected chi connectivity index (χ2v) is 13.1. The first-order chi connectivity index (χ1) is 24.6. The van der Waals surface area contributed by atoms with Gasteiger partial charge in [-0.2, -0.15) is 0 Å². The summed E-state index contributed by atoms with van der Waals surface area (Å²) in [4.78, 5) is 18.1. The van der Waals surface area contributed by atoms with Crippen LogP contribution in [0.15, 0.2) is 180 Å². The van der Waals surface area contributed by atoms with Crippen LogP contribution in [0.4, 0.5) is 34.1 Å². The van der Waals surface area contributed by atoms with Gasteiger partial charge in [0.2, 0.25) is 0 Å². The highest BCUT2D eigenvalue weighted by atomic mass is 79.9. The predicted octanol–water partition coefficient (Wildman–Crippen LogP) is 12.0. The molecule has 0 unspecified atom stereocenters. The Hall–Kier alpha value is -6.11. The molecule has 2 aliphatic rings. The van der Waals surface area contributed by atoms with Gasteiger partial charge in [0, 0.05) is 67.4 Å². The number of halogens is 1. The van der Waals surface area contributed by atoms with Crippen molar-refractivity contribution in [3.8, 4) is 11.5 Å². The van der Waals surface area contributed by atoms with E-state index in [0.717, 1.165) is 50.8 Å². The number of ether oxygens (including phenoxy) is 2. The summed E-state index contributed by atoms with van der Waals surface area (Å²) in [5, 5.41) is 0. The van der Waals surface area contributed by atoms with E-state index >= 15 is 0 Å². The van der Waals surface area contributed by atoms with Gasteiger partial charge in [-0.1, -0.05) is 84.9 Å². The van der Waals surface area contributed by atoms with E-state index in [0.29, 0.717) is 21.5 Å². The Morgan fingerprint density at radius 1 is 0.440 bits per heavy atom. The first kappa shape index (κ1) is 30.0. The highest BCUT2D eigenvalue weighted by Crippen LogP contribution is 2.58. The Morgan fingerprint density at radius 3 is 1.28 bits per heavy atom. The van der Waals surface area contributed by atoms with Gasteiger partial charge in [0.1, 0.15) is 11.5 Å². The molecule has 50 heavy (non-hydrogen) atoms. The van der Waals surface area contributed by atoms with Crippen molar-refractivity contribution in [1.29, 1.82) is 0 Å². The maximum absolute atomic E-state index is 13.8. The average Bonchev–Trinajstić information content (AvgIpc) is 3.46. The first-order valence-corrected chi connectivity index (χ1v) is 17.2. The third kappa shape index (κ3) is 4.79. The number of fused-ring (bicyclic) bond motifs is 6. The lowest BCUT2D eigenvalue weighted by atomic mass is 9.77. The monoisotopic (exact) mass is 712 g/mol. The molecule has 0 aliphatic carbocycles. The van der Waals surface area contributed by atoms with Gasteiger partial charge in [-0.15, -0.1) is 0 Å². The summed E-state index contributed by atoms with van der Waals surface area (Å²) in [5.74, 6) is 0.830. The van der Waals surface area contributed by atoms with Crippen molar-refractivity contribution in [2.24, 2.45) is 0 Å². The molecule has 0 saturated heterocycles. The number of nitrogens with zero attached hydrogens (tertiary/aromatic N) is 2. The lowest BCUT2D eigenvalue weighted by Gasteiger charge is -2.38. The van der Waals surface area contributed by atoms with Gasteiger partial charge in [0.15, 0.2) is 5.60 Å². The molecule has 5 nitrogen and oxygen atoms in total. The van der Waals surface area contributed by atoms with E-state index < -0.39 is 5.60 Å². The molecular formula is C44H29BrN2O3. The van der Waals surface area contributed by atoms with Crippen molar-refractivity contribution in [2.75, 3.05) is 9.80 Å². The molecule has 240 valence electrons. The van der Waals surface area contributed by atoms with Crippen LogP contribution in [-0.4, -0.2) is 5.97 Å². The fourth-order valence-corrected chi connectivity index (χ4v) is 7.72. The smallest absolute Gasteiger partial charge is 0.341 e. The fraction of sp³-hybridized carbons (Fsp3) is 0.0227. The van der Waals surface area contributed by atoms with Crippen LogP contribution < -0.4 is 14.5 Å². The van der Waals surface area contributed by atoms with E-state index in [1.807, 2.05) is 115 Å². The van der Waals surface area contributed by atoms with Crippen LogP contribution in [0.25, 0.3) is 0 Å².